The summed E-state index contributed by atoms with van der Waals surface area (Å²) in [6.45, 7) is 3.56. The van der Waals surface area contributed by atoms with Crippen molar-refractivity contribution >= 4 is 0 Å². The minimum absolute atomic E-state index is 0.354. The smallest absolute Gasteiger partial charge is 0.166 e. The van der Waals surface area contributed by atoms with Crippen molar-refractivity contribution in [3.05, 3.63) is 23.8 Å². The van der Waals surface area contributed by atoms with Crippen LogP contribution in [0.15, 0.2) is 18.2 Å². The van der Waals surface area contributed by atoms with Crippen molar-refractivity contribution in [2.75, 3.05) is 20.3 Å². The van der Waals surface area contributed by atoms with Gasteiger partial charge < -0.3 is 14.8 Å². The second kappa shape index (κ2) is 8.93. The molecule has 0 aromatic heterocycles. The van der Waals surface area contributed by atoms with Gasteiger partial charge in [0.05, 0.1) is 0 Å². The van der Waals surface area contributed by atoms with E-state index >= 15 is 0 Å². The molecule has 0 amide bonds. The van der Waals surface area contributed by atoms with Crippen LogP contribution in [0, 0.1) is 0 Å². The first-order valence-electron chi connectivity index (χ1n) is 8.42. The van der Waals surface area contributed by atoms with Crippen LogP contribution < -0.4 is 14.8 Å². The Kier molecular flexibility index (Phi) is 6.87. The van der Waals surface area contributed by atoms with E-state index in [1.54, 1.807) is 0 Å². The summed E-state index contributed by atoms with van der Waals surface area (Å²) in [5.74, 6) is 1.83. The predicted molar refractivity (Wildman–Crippen MR) is 87.2 cm³/mol. The molecule has 2 rings (SSSR count). The molecule has 0 spiro atoms. The number of unbranched alkanes of at least 4 members (excludes halogenated alkanes) is 5. The summed E-state index contributed by atoms with van der Waals surface area (Å²) in [5.41, 5.74) is 1.24. The van der Waals surface area contributed by atoms with Gasteiger partial charge >= 0.3 is 0 Å². The number of benzene rings is 1. The molecule has 1 aliphatic rings. The van der Waals surface area contributed by atoms with Crippen LogP contribution in [-0.2, 0) is 0 Å². The van der Waals surface area contributed by atoms with Crippen molar-refractivity contribution in [3.63, 3.8) is 0 Å². The lowest BCUT2D eigenvalue weighted by molar-refractivity contribution is 0.168. The second-order valence-electron chi connectivity index (χ2n) is 5.77. The standard InChI is InChI=1S/C18H29NO2/c1-3-4-5-6-7-8-11-16(19-2)15-10-9-12-17-18(15)21-14-13-20-17/h9-10,12,16,19H,3-8,11,13-14H2,1-2H3. The van der Waals surface area contributed by atoms with Gasteiger partial charge in [0.15, 0.2) is 11.5 Å². The summed E-state index contributed by atoms with van der Waals surface area (Å²) in [5, 5.41) is 3.43. The van der Waals surface area contributed by atoms with E-state index in [0.29, 0.717) is 19.3 Å². The zero-order valence-corrected chi connectivity index (χ0v) is 13.5. The number of hydrogen-bond acceptors (Lipinski definition) is 3. The van der Waals surface area contributed by atoms with Crippen LogP contribution >= 0.6 is 0 Å². The molecular weight excluding hydrogens is 262 g/mol. The van der Waals surface area contributed by atoms with Crippen molar-refractivity contribution in [1.82, 2.24) is 5.32 Å². The number of nitrogens with one attached hydrogen (secondary N) is 1. The zero-order chi connectivity index (χ0) is 14.9. The summed E-state index contributed by atoms with van der Waals surface area (Å²) < 4.78 is 11.5. The Labute approximate surface area is 129 Å². The molecule has 1 atom stereocenters. The fourth-order valence-corrected chi connectivity index (χ4v) is 2.95. The van der Waals surface area contributed by atoms with Crippen molar-refractivity contribution in [1.29, 1.82) is 0 Å². The van der Waals surface area contributed by atoms with Crippen LogP contribution in [0.2, 0.25) is 0 Å². The number of ether oxygens (including phenoxy) is 2. The minimum Gasteiger partial charge on any atom is -0.486 e. The Morgan fingerprint density at radius 1 is 1.05 bits per heavy atom. The van der Waals surface area contributed by atoms with Crippen molar-refractivity contribution in [2.24, 2.45) is 0 Å². The summed E-state index contributed by atoms with van der Waals surface area (Å²) in [6.07, 6.45) is 9.15. The van der Waals surface area contributed by atoms with Gasteiger partial charge in [-0.15, -0.1) is 0 Å². The molecule has 1 aliphatic heterocycles. The maximum Gasteiger partial charge on any atom is 0.166 e. The van der Waals surface area contributed by atoms with Gasteiger partial charge in [0, 0.05) is 11.6 Å². The fourth-order valence-electron chi connectivity index (χ4n) is 2.95. The summed E-state index contributed by atoms with van der Waals surface area (Å²) in [4.78, 5) is 0. The van der Waals surface area contributed by atoms with Gasteiger partial charge in [0.2, 0.25) is 0 Å². The quantitative estimate of drug-likeness (QED) is 0.681. The minimum atomic E-state index is 0.354. The van der Waals surface area contributed by atoms with Gasteiger partial charge in [-0.05, 0) is 19.5 Å². The molecule has 1 heterocycles. The monoisotopic (exact) mass is 291 g/mol. The number of hydrogen-bond donors (Lipinski definition) is 1. The Balaban J connectivity index is 1.89. The Hall–Kier alpha value is -1.22. The van der Waals surface area contributed by atoms with Crippen LogP contribution in [0.4, 0.5) is 0 Å². The third-order valence-electron chi connectivity index (χ3n) is 4.17. The van der Waals surface area contributed by atoms with Gasteiger partial charge in [0.1, 0.15) is 13.2 Å². The molecule has 0 aliphatic carbocycles. The van der Waals surface area contributed by atoms with E-state index in [4.69, 9.17) is 9.47 Å². The number of para-hydroxylation sites is 1. The van der Waals surface area contributed by atoms with E-state index in [1.165, 1.54) is 44.1 Å². The van der Waals surface area contributed by atoms with Crippen molar-refractivity contribution in [3.8, 4) is 11.5 Å². The van der Waals surface area contributed by atoms with E-state index in [1.807, 2.05) is 13.1 Å². The highest BCUT2D eigenvalue weighted by atomic mass is 16.6. The van der Waals surface area contributed by atoms with Gasteiger partial charge in [0.25, 0.3) is 0 Å². The molecule has 1 unspecified atom stereocenters. The summed E-state index contributed by atoms with van der Waals surface area (Å²) in [7, 11) is 2.03. The van der Waals surface area contributed by atoms with Crippen LogP contribution in [0.25, 0.3) is 0 Å². The van der Waals surface area contributed by atoms with Crippen LogP contribution in [-0.4, -0.2) is 20.3 Å². The molecule has 0 saturated carbocycles. The first-order valence-corrected chi connectivity index (χ1v) is 8.42. The first kappa shape index (κ1) is 16.2. The average molecular weight is 291 g/mol. The zero-order valence-electron chi connectivity index (χ0n) is 13.5. The highest BCUT2D eigenvalue weighted by molar-refractivity contribution is 5.48. The Bertz CT molecular complexity index is 420. The molecule has 0 bridgehead atoms. The van der Waals surface area contributed by atoms with E-state index in [9.17, 15) is 0 Å². The third kappa shape index (κ3) is 4.63. The largest absolute Gasteiger partial charge is 0.486 e. The predicted octanol–water partition coefficient (Wildman–Crippen LogP) is 4.47. The van der Waals surface area contributed by atoms with E-state index < -0.39 is 0 Å². The van der Waals surface area contributed by atoms with Gasteiger partial charge in [-0.25, -0.2) is 0 Å². The molecule has 1 N–H and O–H groups in total. The van der Waals surface area contributed by atoms with Gasteiger partial charge in [-0.3, -0.25) is 0 Å². The SMILES string of the molecule is CCCCCCCCC(NC)c1cccc2c1OCCO2. The summed E-state index contributed by atoms with van der Waals surface area (Å²) >= 11 is 0. The van der Waals surface area contributed by atoms with Crippen LogP contribution in [0.5, 0.6) is 11.5 Å². The van der Waals surface area contributed by atoms with E-state index in [0.717, 1.165) is 17.9 Å². The van der Waals surface area contributed by atoms with Crippen molar-refractivity contribution < 1.29 is 9.47 Å². The van der Waals surface area contributed by atoms with E-state index in [2.05, 4.69) is 24.4 Å². The molecule has 0 saturated heterocycles. The summed E-state index contributed by atoms with van der Waals surface area (Å²) in [6, 6.07) is 6.57. The molecule has 118 valence electrons. The van der Waals surface area contributed by atoms with E-state index in [-0.39, 0.29) is 0 Å². The first-order chi connectivity index (χ1) is 10.4. The molecule has 21 heavy (non-hydrogen) atoms. The number of rotatable bonds is 9. The maximum atomic E-state index is 5.83. The fraction of sp³-hybridized carbons (Fsp3) is 0.667. The molecule has 0 radical (unpaired) electrons. The molecule has 3 heteroatoms. The highest BCUT2D eigenvalue weighted by Gasteiger charge is 2.20. The topological polar surface area (TPSA) is 30.5 Å². The van der Waals surface area contributed by atoms with Crippen LogP contribution in [0.3, 0.4) is 0 Å². The molecule has 1 aromatic carbocycles. The third-order valence-corrected chi connectivity index (χ3v) is 4.17. The van der Waals surface area contributed by atoms with Crippen molar-refractivity contribution in [2.45, 2.75) is 57.9 Å². The van der Waals surface area contributed by atoms with Gasteiger partial charge in [-0.1, -0.05) is 57.6 Å². The molecule has 0 fully saturated rings. The molecule has 3 nitrogen and oxygen atoms in total. The van der Waals surface area contributed by atoms with Gasteiger partial charge in [-0.2, -0.15) is 0 Å². The maximum absolute atomic E-state index is 5.83. The number of fused-ring (bicyclic) bond motifs is 1. The average Bonchev–Trinajstić information content (AvgIpc) is 2.54. The molecular formula is C18H29NO2. The molecule has 1 aromatic rings. The van der Waals surface area contributed by atoms with Crippen LogP contribution in [0.1, 0.15) is 63.5 Å². The Morgan fingerprint density at radius 3 is 2.62 bits per heavy atom. The Morgan fingerprint density at radius 2 is 1.81 bits per heavy atom. The lowest BCUT2D eigenvalue weighted by Gasteiger charge is -2.25. The normalized spacial score (nSPS) is 15.0. The second-order valence-corrected chi connectivity index (χ2v) is 5.77. The lowest BCUT2D eigenvalue weighted by atomic mass is 9.98. The highest BCUT2D eigenvalue weighted by Crippen LogP contribution is 2.38. The lowest BCUT2D eigenvalue weighted by Crippen LogP contribution is -2.21.